The summed E-state index contributed by atoms with van der Waals surface area (Å²) in [6.07, 6.45) is -3.25. The lowest BCUT2D eigenvalue weighted by molar-refractivity contribution is -0.301. The first-order valence-corrected chi connectivity index (χ1v) is 17.3. The number of nitrogens with zero attached hydrogens (tertiary/aromatic N) is 5. The predicted molar refractivity (Wildman–Crippen MR) is 192 cm³/mol. The summed E-state index contributed by atoms with van der Waals surface area (Å²) >= 11 is 0. The number of carbonyl (C=O) groups is 1. The zero-order chi connectivity index (χ0) is 36.7. The van der Waals surface area contributed by atoms with Crippen molar-refractivity contribution in [1.29, 1.82) is 0 Å². The Morgan fingerprint density at radius 1 is 0.868 bits per heavy atom. The van der Waals surface area contributed by atoms with Crippen molar-refractivity contribution in [1.82, 2.24) is 24.5 Å². The van der Waals surface area contributed by atoms with E-state index in [0.29, 0.717) is 18.8 Å². The maximum atomic E-state index is 12.8. The molecule has 6 aromatic rings. The number of carbonyl (C=O) groups excluding carboxylic acids is 1. The molecule has 0 radical (unpaired) electrons. The molecule has 0 aliphatic carbocycles. The zero-order valence-electron chi connectivity index (χ0n) is 28.6. The lowest BCUT2D eigenvalue weighted by Gasteiger charge is -2.39. The first-order chi connectivity index (χ1) is 25.9. The van der Waals surface area contributed by atoms with Crippen LogP contribution in [0, 0.1) is 0 Å². The van der Waals surface area contributed by atoms with Crippen molar-refractivity contribution >= 4 is 33.6 Å². The van der Waals surface area contributed by atoms with Gasteiger partial charge in [0.2, 0.25) is 0 Å². The van der Waals surface area contributed by atoms with Gasteiger partial charge in [-0.1, -0.05) is 53.7 Å². The number of benzene rings is 3. The standard InChI is InChI=1S/C38H40N6O9/c45-22-32-35(47)36(48)37(49)38(53-32)50-16-15-43-21-25(41-42-43)23-51-34(46)13-14-44-30-12-5-4-11-28(30)29-18-33(40-20-31(29)44)39-19-24-7-6-10-27(17-24)52-26-8-2-1-3-9-26/h1-12,17-18,20-21,32,35-38,45,47-49H,13-16,19,22-23H2,(H,39,40)/t32-,35-,36+,37-,38-/m1/s1. The second kappa shape index (κ2) is 16.5. The number of hydrogen-bond donors (Lipinski definition) is 5. The molecule has 0 bridgehead atoms. The molecule has 3 aromatic carbocycles. The van der Waals surface area contributed by atoms with E-state index in [0.717, 1.165) is 44.7 Å². The fourth-order valence-electron chi connectivity index (χ4n) is 6.23. The van der Waals surface area contributed by atoms with Gasteiger partial charge in [-0.3, -0.25) is 4.79 Å². The van der Waals surface area contributed by atoms with E-state index in [4.69, 9.17) is 18.9 Å². The quantitative estimate of drug-likeness (QED) is 0.0971. The summed E-state index contributed by atoms with van der Waals surface area (Å²) in [5.74, 6) is 1.85. The number of fused-ring (bicyclic) bond motifs is 3. The SMILES string of the molecule is O=C(CCn1c2ccccc2c2cc(NCc3cccc(Oc4ccccc4)c3)ncc21)OCc1cn(CCO[C@@H]2O[C@H](CO)[C@@H](O)[C@H](O)[C@H]2O)nn1. The molecule has 1 saturated heterocycles. The molecule has 3 aromatic heterocycles. The number of pyridine rings is 1. The second-order valence-corrected chi connectivity index (χ2v) is 12.6. The molecule has 276 valence electrons. The Balaban J connectivity index is 0.916. The lowest BCUT2D eigenvalue weighted by Crippen LogP contribution is -2.59. The monoisotopic (exact) mass is 724 g/mol. The largest absolute Gasteiger partial charge is 0.459 e. The van der Waals surface area contributed by atoms with Crippen LogP contribution in [0.15, 0.2) is 97.3 Å². The number of hydrogen-bond acceptors (Lipinski definition) is 13. The Hall–Kier alpha value is -5.42. The van der Waals surface area contributed by atoms with Gasteiger partial charge in [0.1, 0.15) is 54.0 Å². The summed E-state index contributed by atoms with van der Waals surface area (Å²) < 4.78 is 25.9. The molecule has 7 rings (SSSR count). The molecule has 0 unspecified atom stereocenters. The third kappa shape index (κ3) is 8.46. The summed E-state index contributed by atoms with van der Waals surface area (Å²) in [5, 5.41) is 52.8. The first-order valence-electron chi connectivity index (χ1n) is 17.3. The number of aliphatic hydroxyl groups excluding tert-OH is 4. The van der Waals surface area contributed by atoms with Gasteiger partial charge in [0.05, 0.1) is 44.1 Å². The van der Waals surface area contributed by atoms with Gasteiger partial charge in [-0.05, 0) is 42.0 Å². The Morgan fingerprint density at radius 2 is 1.68 bits per heavy atom. The fraction of sp³-hybridized carbons (Fsp3) is 0.316. The van der Waals surface area contributed by atoms with Crippen LogP contribution < -0.4 is 10.1 Å². The van der Waals surface area contributed by atoms with Crippen LogP contribution in [0.4, 0.5) is 5.82 Å². The predicted octanol–water partition coefficient (Wildman–Crippen LogP) is 3.14. The lowest BCUT2D eigenvalue weighted by atomic mass is 9.99. The van der Waals surface area contributed by atoms with Crippen LogP contribution in [0.5, 0.6) is 11.5 Å². The Kier molecular flexibility index (Phi) is 11.2. The van der Waals surface area contributed by atoms with Crippen molar-refractivity contribution in [3.63, 3.8) is 0 Å². The van der Waals surface area contributed by atoms with E-state index in [1.165, 1.54) is 4.68 Å². The molecule has 0 amide bonds. The molecule has 53 heavy (non-hydrogen) atoms. The van der Waals surface area contributed by atoms with Gasteiger partial charge in [0, 0.05) is 29.4 Å². The second-order valence-electron chi connectivity index (χ2n) is 12.6. The van der Waals surface area contributed by atoms with Crippen LogP contribution in [-0.4, -0.2) is 94.9 Å². The molecule has 0 saturated carbocycles. The van der Waals surface area contributed by atoms with Gasteiger partial charge < -0.3 is 49.3 Å². The van der Waals surface area contributed by atoms with Gasteiger partial charge >= 0.3 is 5.97 Å². The molecule has 15 nitrogen and oxygen atoms in total. The van der Waals surface area contributed by atoms with E-state index in [1.54, 1.807) is 6.20 Å². The summed E-state index contributed by atoms with van der Waals surface area (Å²) in [6.45, 7) is 0.554. The number of rotatable bonds is 15. The van der Waals surface area contributed by atoms with E-state index in [2.05, 4.69) is 31.2 Å². The number of aromatic nitrogens is 5. The maximum Gasteiger partial charge on any atom is 0.307 e. The van der Waals surface area contributed by atoms with Crippen LogP contribution in [0.25, 0.3) is 21.8 Å². The molecule has 5 N–H and O–H groups in total. The normalized spacial score (nSPS) is 20.1. The van der Waals surface area contributed by atoms with Crippen molar-refractivity contribution in [2.75, 3.05) is 18.5 Å². The highest BCUT2D eigenvalue weighted by Crippen LogP contribution is 2.31. The smallest absolute Gasteiger partial charge is 0.307 e. The van der Waals surface area contributed by atoms with Crippen LogP contribution >= 0.6 is 0 Å². The molecule has 15 heteroatoms. The number of nitrogens with one attached hydrogen (secondary N) is 1. The van der Waals surface area contributed by atoms with Gasteiger partial charge in [0.25, 0.3) is 0 Å². The molecule has 1 fully saturated rings. The molecule has 5 atom stereocenters. The summed E-state index contributed by atoms with van der Waals surface area (Å²) in [4.78, 5) is 17.5. The average molecular weight is 725 g/mol. The Morgan fingerprint density at radius 3 is 2.53 bits per heavy atom. The molecule has 1 aliphatic heterocycles. The number of aliphatic hydroxyl groups is 4. The van der Waals surface area contributed by atoms with Crippen LogP contribution in [0.3, 0.4) is 0 Å². The van der Waals surface area contributed by atoms with Gasteiger partial charge in [-0.25, -0.2) is 9.67 Å². The molecular formula is C38H40N6O9. The number of para-hydroxylation sites is 2. The van der Waals surface area contributed by atoms with E-state index in [9.17, 15) is 25.2 Å². The minimum Gasteiger partial charge on any atom is -0.459 e. The van der Waals surface area contributed by atoms with E-state index in [-0.39, 0.29) is 26.2 Å². The average Bonchev–Trinajstić information content (AvgIpc) is 3.77. The van der Waals surface area contributed by atoms with Gasteiger partial charge in [-0.15, -0.1) is 5.10 Å². The van der Waals surface area contributed by atoms with Crippen LogP contribution in [0.2, 0.25) is 0 Å². The number of ether oxygens (including phenoxy) is 4. The van der Waals surface area contributed by atoms with Crippen molar-refractivity contribution in [2.24, 2.45) is 0 Å². The van der Waals surface area contributed by atoms with Crippen molar-refractivity contribution in [2.45, 2.75) is 63.4 Å². The minimum atomic E-state index is -1.53. The third-order valence-corrected chi connectivity index (χ3v) is 8.97. The topological polar surface area (TPSA) is 195 Å². The third-order valence-electron chi connectivity index (χ3n) is 8.97. The van der Waals surface area contributed by atoms with Crippen molar-refractivity contribution in [3.8, 4) is 11.5 Å². The van der Waals surface area contributed by atoms with E-state index >= 15 is 0 Å². The highest BCUT2D eigenvalue weighted by molar-refractivity contribution is 6.08. The molecule has 1 aliphatic rings. The first kappa shape index (κ1) is 36.0. The summed E-state index contributed by atoms with van der Waals surface area (Å²) in [5.41, 5.74) is 3.36. The number of esters is 1. The molecule has 0 spiro atoms. The van der Waals surface area contributed by atoms with Gasteiger partial charge in [0.15, 0.2) is 6.29 Å². The number of aryl methyl sites for hydroxylation is 1. The Labute approximate surface area is 303 Å². The van der Waals surface area contributed by atoms with E-state index < -0.39 is 43.3 Å². The fourth-order valence-corrected chi connectivity index (χ4v) is 6.23. The van der Waals surface area contributed by atoms with Crippen LogP contribution in [0.1, 0.15) is 17.7 Å². The highest BCUT2D eigenvalue weighted by atomic mass is 16.7. The Bertz CT molecular complexity index is 2140. The van der Waals surface area contributed by atoms with Crippen molar-refractivity contribution in [3.05, 3.63) is 109 Å². The minimum absolute atomic E-state index is 0.0228. The molecular weight excluding hydrogens is 684 g/mol. The van der Waals surface area contributed by atoms with E-state index in [1.807, 2.05) is 85.1 Å². The summed E-state index contributed by atoms with van der Waals surface area (Å²) in [6, 6.07) is 27.6. The van der Waals surface area contributed by atoms with Crippen molar-refractivity contribution < 1.29 is 44.2 Å². The number of anilines is 1. The highest BCUT2D eigenvalue weighted by Gasteiger charge is 2.44. The van der Waals surface area contributed by atoms with Crippen LogP contribution in [-0.2, 0) is 45.2 Å². The summed E-state index contributed by atoms with van der Waals surface area (Å²) in [7, 11) is 0. The zero-order valence-corrected chi connectivity index (χ0v) is 28.6. The maximum absolute atomic E-state index is 12.8. The van der Waals surface area contributed by atoms with Gasteiger partial charge in [-0.2, -0.15) is 0 Å². The molecule has 4 heterocycles.